The zero-order valence-electron chi connectivity index (χ0n) is 15.0. The first-order valence-corrected chi connectivity index (χ1v) is 9.23. The molecule has 1 aliphatic carbocycles. The Kier molecular flexibility index (Phi) is 4.37. The van der Waals surface area contributed by atoms with E-state index in [0.717, 1.165) is 55.5 Å². The van der Waals surface area contributed by atoms with Crippen molar-refractivity contribution >= 4 is 5.91 Å². The van der Waals surface area contributed by atoms with Crippen molar-refractivity contribution in [1.82, 2.24) is 19.8 Å². The molecule has 0 unspecified atom stereocenters. The van der Waals surface area contributed by atoms with E-state index in [9.17, 15) is 4.79 Å². The van der Waals surface area contributed by atoms with E-state index in [2.05, 4.69) is 21.7 Å². The summed E-state index contributed by atoms with van der Waals surface area (Å²) in [7, 11) is 0. The predicted molar refractivity (Wildman–Crippen MR) is 94.0 cm³/mol. The fraction of sp³-hybridized carbons (Fsp3) is 0.579. The standard InChI is InChI=1S/C19H26N4O2/c1-13-6-7-17(25-13)12-22-8-9-23-11-16(21-19(23)14(22)2)10-18(24)20-15-4-3-5-15/h6-7,11,14-15H,3-5,8-10,12H2,1-2H3,(H,20,24)/t14-/m0/s1. The van der Waals surface area contributed by atoms with Gasteiger partial charge in [0.25, 0.3) is 0 Å². The first-order valence-electron chi connectivity index (χ1n) is 9.23. The Morgan fingerprint density at radius 2 is 2.20 bits per heavy atom. The molecule has 1 atom stereocenters. The molecule has 0 bridgehead atoms. The highest BCUT2D eigenvalue weighted by atomic mass is 16.3. The predicted octanol–water partition coefficient (Wildman–Crippen LogP) is 2.57. The van der Waals surface area contributed by atoms with E-state index in [-0.39, 0.29) is 11.9 Å². The van der Waals surface area contributed by atoms with Crippen LogP contribution in [-0.2, 0) is 24.3 Å². The Labute approximate surface area is 148 Å². The van der Waals surface area contributed by atoms with Crippen molar-refractivity contribution in [2.45, 2.75) is 64.7 Å². The van der Waals surface area contributed by atoms with Crippen molar-refractivity contribution in [3.05, 3.63) is 41.4 Å². The molecular weight excluding hydrogens is 316 g/mol. The number of aromatic nitrogens is 2. The zero-order chi connectivity index (χ0) is 17.4. The van der Waals surface area contributed by atoms with Crippen LogP contribution in [0.2, 0.25) is 0 Å². The molecule has 6 heteroatoms. The number of carbonyl (C=O) groups is 1. The van der Waals surface area contributed by atoms with Crippen LogP contribution in [0.5, 0.6) is 0 Å². The zero-order valence-corrected chi connectivity index (χ0v) is 15.0. The molecule has 0 spiro atoms. The summed E-state index contributed by atoms with van der Waals surface area (Å²) in [5, 5.41) is 3.09. The van der Waals surface area contributed by atoms with Crippen LogP contribution < -0.4 is 5.32 Å². The normalized spacial score (nSPS) is 21.0. The van der Waals surface area contributed by atoms with Crippen molar-refractivity contribution in [3.63, 3.8) is 0 Å². The van der Waals surface area contributed by atoms with Crippen LogP contribution in [-0.4, -0.2) is 32.9 Å². The number of hydrogen-bond acceptors (Lipinski definition) is 4. The van der Waals surface area contributed by atoms with Gasteiger partial charge in [0.2, 0.25) is 5.91 Å². The second kappa shape index (κ2) is 6.67. The number of aryl methyl sites for hydroxylation is 1. The van der Waals surface area contributed by atoms with Crippen molar-refractivity contribution in [1.29, 1.82) is 0 Å². The van der Waals surface area contributed by atoms with E-state index >= 15 is 0 Å². The minimum Gasteiger partial charge on any atom is -0.465 e. The van der Waals surface area contributed by atoms with Gasteiger partial charge >= 0.3 is 0 Å². The quantitative estimate of drug-likeness (QED) is 0.907. The highest BCUT2D eigenvalue weighted by molar-refractivity contribution is 5.78. The minimum absolute atomic E-state index is 0.0933. The number of hydrogen-bond donors (Lipinski definition) is 1. The molecule has 1 fully saturated rings. The second-order valence-corrected chi connectivity index (χ2v) is 7.31. The van der Waals surface area contributed by atoms with Gasteiger partial charge in [-0.05, 0) is 45.2 Å². The van der Waals surface area contributed by atoms with Crippen LogP contribution >= 0.6 is 0 Å². The molecule has 0 saturated heterocycles. The number of carbonyl (C=O) groups excluding carboxylic acids is 1. The van der Waals surface area contributed by atoms with Gasteiger partial charge in [-0.3, -0.25) is 9.69 Å². The van der Waals surface area contributed by atoms with E-state index in [1.165, 1.54) is 6.42 Å². The van der Waals surface area contributed by atoms with Gasteiger partial charge in [0.05, 0.1) is 24.7 Å². The number of rotatable bonds is 5. The maximum absolute atomic E-state index is 12.1. The topological polar surface area (TPSA) is 63.3 Å². The summed E-state index contributed by atoms with van der Waals surface area (Å²) in [6.07, 6.45) is 5.88. The SMILES string of the molecule is Cc1ccc(CN2CCn3cc(CC(=O)NC4CCC4)nc3[C@@H]2C)o1. The fourth-order valence-corrected chi connectivity index (χ4v) is 3.66. The lowest BCUT2D eigenvalue weighted by Gasteiger charge is -2.33. The van der Waals surface area contributed by atoms with Crippen LogP contribution in [0.25, 0.3) is 0 Å². The van der Waals surface area contributed by atoms with Crippen molar-refractivity contribution in [3.8, 4) is 0 Å². The molecular formula is C19H26N4O2. The molecule has 0 aromatic carbocycles. The Balaban J connectivity index is 1.41. The summed E-state index contributed by atoms with van der Waals surface area (Å²) < 4.78 is 7.91. The molecule has 1 N–H and O–H groups in total. The van der Waals surface area contributed by atoms with Crippen LogP contribution in [0.4, 0.5) is 0 Å². The Hall–Kier alpha value is -2.08. The maximum Gasteiger partial charge on any atom is 0.226 e. The van der Waals surface area contributed by atoms with Crippen molar-refractivity contribution < 1.29 is 9.21 Å². The van der Waals surface area contributed by atoms with Gasteiger partial charge in [0, 0.05) is 25.3 Å². The fourth-order valence-electron chi connectivity index (χ4n) is 3.66. The van der Waals surface area contributed by atoms with E-state index in [1.54, 1.807) is 0 Å². The van der Waals surface area contributed by atoms with Crippen molar-refractivity contribution in [2.75, 3.05) is 6.54 Å². The van der Waals surface area contributed by atoms with Gasteiger partial charge in [-0.25, -0.2) is 4.98 Å². The van der Waals surface area contributed by atoms with Crippen LogP contribution in [0.1, 0.15) is 55.3 Å². The number of nitrogens with one attached hydrogen (secondary N) is 1. The summed E-state index contributed by atoms with van der Waals surface area (Å²) in [6.45, 7) is 6.79. The lowest BCUT2D eigenvalue weighted by Crippen LogP contribution is -2.40. The van der Waals surface area contributed by atoms with Gasteiger partial charge in [-0.1, -0.05) is 0 Å². The molecule has 0 radical (unpaired) electrons. The highest BCUT2D eigenvalue weighted by Gasteiger charge is 2.27. The summed E-state index contributed by atoms with van der Waals surface area (Å²) in [4.78, 5) is 19.3. The first-order chi connectivity index (χ1) is 12.1. The molecule has 2 aliphatic rings. The Morgan fingerprint density at radius 3 is 2.88 bits per heavy atom. The average Bonchev–Trinajstić information content (AvgIpc) is 3.12. The van der Waals surface area contributed by atoms with Crippen LogP contribution in [0.3, 0.4) is 0 Å². The smallest absolute Gasteiger partial charge is 0.226 e. The largest absolute Gasteiger partial charge is 0.465 e. The lowest BCUT2D eigenvalue weighted by atomic mass is 9.93. The Morgan fingerprint density at radius 1 is 1.36 bits per heavy atom. The summed E-state index contributed by atoms with van der Waals surface area (Å²) >= 11 is 0. The average molecular weight is 342 g/mol. The second-order valence-electron chi connectivity index (χ2n) is 7.31. The van der Waals surface area contributed by atoms with Gasteiger partial charge in [-0.15, -0.1) is 0 Å². The minimum atomic E-state index is 0.0933. The molecule has 25 heavy (non-hydrogen) atoms. The molecule has 2 aromatic rings. The summed E-state index contributed by atoms with van der Waals surface area (Å²) in [5.74, 6) is 3.07. The van der Waals surface area contributed by atoms with E-state index in [4.69, 9.17) is 9.40 Å². The third-order valence-corrected chi connectivity index (χ3v) is 5.37. The van der Waals surface area contributed by atoms with Crippen LogP contribution in [0, 0.1) is 6.92 Å². The van der Waals surface area contributed by atoms with Gasteiger partial charge in [0.15, 0.2) is 0 Å². The van der Waals surface area contributed by atoms with Gasteiger partial charge in [0.1, 0.15) is 17.3 Å². The number of imidazole rings is 1. The lowest BCUT2D eigenvalue weighted by molar-refractivity contribution is -0.121. The van der Waals surface area contributed by atoms with Gasteiger partial charge < -0.3 is 14.3 Å². The monoisotopic (exact) mass is 342 g/mol. The summed E-state index contributed by atoms with van der Waals surface area (Å²) in [5.41, 5.74) is 0.870. The maximum atomic E-state index is 12.1. The third kappa shape index (κ3) is 3.49. The van der Waals surface area contributed by atoms with Gasteiger partial charge in [-0.2, -0.15) is 0 Å². The van der Waals surface area contributed by atoms with Crippen molar-refractivity contribution in [2.24, 2.45) is 0 Å². The van der Waals surface area contributed by atoms with E-state index in [1.807, 2.05) is 25.3 Å². The molecule has 134 valence electrons. The molecule has 6 nitrogen and oxygen atoms in total. The summed E-state index contributed by atoms with van der Waals surface area (Å²) in [6, 6.07) is 4.64. The third-order valence-electron chi connectivity index (χ3n) is 5.37. The molecule has 1 aliphatic heterocycles. The molecule has 3 heterocycles. The van der Waals surface area contributed by atoms with Crippen LogP contribution in [0.15, 0.2) is 22.7 Å². The Bertz CT molecular complexity index is 759. The number of amides is 1. The number of fused-ring (bicyclic) bond motifs is 1. The molecule has 1 saturated carbocycles. The van der Waals surface area contributed by atoms with E-state index < -0.39 is 0 Å². The molecule has 2 aromatic heterocycles. The highest BCUT2D eigenvalue weighted by Crippen LogP contribution is 2.27. The molecule has 1 amide bonds. The first kappa shape index (κ1) is 16.4. The number of nitrogens with zero attached hydrogens (tertiary/aromatic N) is 3. The number of furan rings is 1. The van der Waals surface area contributed by atoms with E-state index in [0.29, 0.717) is 12.5 Å². The molecule has 4 rings (SSSR count).